The number of likely N-dealkylation sites (tertiary alicyclic amines) is 1. The van der Waals surface area contributed by atoms with E-state index in [0.29, 0.717) is 13.1 Å². The molecule has 2 aliphatic rings. The number of para-hydroxylation sites is 1. The van der Waals surface area contributed by atoms with E-state index < -0.39 is 6.09 Å². The lowest BCUT2D eigenvalue weighted by Crippen LogP contribution is -2.46. The molecule has 1 aromatic carbocycles. The third kappa shape index (κ3) is 2.13. The number of carboxylic acid groups (broad SMARTS) is 1. The number of carbonyl (C=O) groups is 1. The fourth-order valence-corrected chi connectivity index (χ4v) is 3.17. The van der Waals surface area contributed by atoms with Gasteiger partial charge >= 0.3 is 6.09 Å². The van der Waals surface area contributed by atoms with E-state index in [1.54, 1.807) is 6.07 Å². The summed E-state index contributed by atoms with van der Waals surface area (Å²) in [6.45, 7) is 1.93. The van der Waals surface area contributed by atoms with Gasteiger partial charge in [0.05, 0.1) is 5.69 Å². The molecule has 0 bridgehead atoms. The van der Waals surface area contributed by atoms with Gasteiger partial charge in [-0.05, 0) is 30.9 Å². The van der Waals surface area contributed by atoms with Gasteiger partial charge in [-0.3, -0.25) is 0 Å². The second kappa shape index (κ2) is 4.72. The maximum absolute atomic E-state index is 14.0. The van der Waals surface area contributed by atoms with Crippen LogP contribution in [0.15, 0.2) is 18.2 Å². The summed E-state index contributed by atoms with van der Waals surface area (Å²) in [5, 5.41) is 8.94. The summed E-state index contributed by atoms with van der Waals surface area (Å²) in [5.41, 5.74) is 1.80. The molecule has 102 valence electrons. The highest BCUT2D eigenvalue weighted by atomic mass is 19.1. The standard InChI is InChI=1S/C14H17FN2O2/c15-12-3-1-2-10-4-9-17(13(10)12)11-5-7-16(8-6-11)14(18)19/h1-3,11H,4-9H2,(H,18,19). The van der Waals surface area contributed by atoms with Crippen molar-refractivity contribution in [2.75, 3.05) is 24.5 Å². The minimum absolute atomic E-state index is 0.157. The van der Waals surface area contributed by atoms with Gasteiger partial charge in [-0.25, -0.2) is 9.18 Å². The highest BCUT2D eigenvalue weighted by Crippen LogP contribution is 2.34. The Morgan fingerprint density at radius 2 is 2.00 bits per heavy atom. The number of nitrogens with zero attached hydrogens (tertiary/aromatic N) is 2. The summed E-state index contributed by atoms with van der Waals surface area (Å²) in [6, 6.07) is 5.49. The Labute approximate surface area is 111 Å². The van der Waals surface area contributed by atoms with Crippen LogP contribution >= 0.6 is 0 Å². The van der Waals surface area contributed by atoms with Gasteiger partial charge in [0.2, 0.25) is 0 Å². The molecule has 2 aliphatic heterocycles. The highest BCUT2D eigenvalue weighted by molar-refractivity contribution is 5.65. The molecule has 1 saturated heterocycles. The predicted octanol–water partition coefficient (Wildman–Crippen LogP) is 2.33. The summed E-state index contributed by atoms with van der Waals surface area (Å²) in [7, 11) is 0. The maximum atomic E-state index is 14.0. The van der Waals surface area contributed by atoms with Gasteiger partial charge in [-0.15, -0.1) is 0 Å². The van der Waals surface area contributed by atoms with E-state index in [-0.39, 0.29) is 11.9 Å². The van der Waals surface area contributed by atoms with Crippen LogP contribution in [0.3, 0.4) is 0 Å². The van der Waals surface area contributed by atoms with E-state index >= 15 is 0 Å². The number of hydrogen-bond acceptors (Lipinski definition) is 2. The molecule has 0 aromatic heterocycles. The van der Waals surface area contributed by atoms with Gasteiger partial charge in [-0.2, -0.15) is 0 Å². The number of amides is 1. The maximum Gasteiger partial charge on any atom is 0.407 e. The number of rotatable bonds is 1. The van der Waals surface area contributed by atoms with Crippen LogP contribution in [0.5, 0.6) is 0 Å². The van der Waals surface area contributed by atoms with Gasteiger partial charge in [0.15, 0.2) is 0 Å². The van der Waals surface area contributed by atoms with Gasteiger partial charge in [-0.1, -0.05) is 12.1 Å². The lowest BCUT2D eigenvalue weighted by Gasteiger charge is -2.37. The van der Waals surface area contributed by atoms with Crippen LogP contribution in [0.25, 0.3) is 0 Å². The quantitative estimate of drug-likeness (QED) is 0.846. The van der Waals surface area contributed by atoms with E-state index in [2.05, 4.69) is 4.90 Å². The van der Waals surface area contributed by atoms with E-state index in [1.807, 2.05) is 6.07 Å². The molecule has 1 amide bonds. The molecule has 0 spiro atoms. The highest BCUT2D eigenvalue weighted by Gasteiger charge is 2.32. The molecule has 19 heavy (non-hydrogen) atoms. The fraction of sp³-hybridized carbons (Fsp3) is 0.500. The van der Waals surface area contributed by atoms with E-state index in [0.717, 1.165) is 37.1 Å². The molecule has 3 rings (SSSR count). The average molecular weight is 264 g/mol. The first-order chi connectivity index (χ1) is 9.16. The van der Waals surface area contributed by atoms with E-state index in [4.69, 9.17) is 5.11 Å². The normalized spacial score (nSPS) is 19.6. The summed E-state index contributed by atoms with van der Waals surface area (Å²) >= 11 is 0. The van der Waals surface area contributed by atoms with E-state index in [9.17, 15) is 9.18 Å². The van der Waals surface area contributed by atoms with Crippen LogP contribution in [0.4, 0.5) is 14.9 Å². The van der Waals surface area contributed by atoms with Crippen LogP contribution in [0, 0.1) is 5.82 Å². The number of halogens is 1. The number of piperidine rings is 1. The van der Waals surface area contributed by atoms with Crippen LogP contribution in [-0.2, 0) is 6.42 Å². The Hall–Kier alpha value is -1.78. The van der Waals surface area contributed by atoms with Crippen molar-refractivity contribution < 1.29 is 14.3 Å². The first-order valence-electron chi connectivity index (χ1n) is 6.68. The Morgan fingerprint density at radius 1 is 1.26 bits per heavy atom. The van der Waals surface area contributed by atoms with Crippen molar-refractivity contribution >= 4 is 11.8 Å². The van der Waals surface area contributed by atoms with Crippen molar-refractivity contribution in [1.29, 1.82) is 0 Å². The Bertz CT molecular complexity index is 498. The minimum atomic E-state index is -0.855. The Kier molecular flexibility index (Phi) is 3.05. The molecule has 5 heteroatoms. The molecule has 4 nitrogen and oxygen atoms in total. The number of fused-ring (bicyclic) bond motifs is 1. The smallest absolute Gasteiger partial charge is 0.407 e. The molecule has 0 saturated carbocycles. The third-order valence-electron chi connectivity index (χ3n) is 4.16. The molecule has 0 atom stereocenters. The van der Waals surface area contributed by atoms with Crippen molar-refractivity contribution in [2.24, 2.45) is 0 Å². The number of hydrogen-bond donors (Lipinski definition) is 1. The van der Waals surface area contributed by atoms with Crippen molar-refractivity contribution in [3.63, 3.8) is 0 Å². The lowest BCUT2D eigenvalue weighted by molar-refractivity contribution is 0.131. The molecular formula is C14H17FN2O2. The molecule has 0 unspecified atom stereocenters. The summed E-state index contributed by atoms with van der Waals surface area (Å²) in [4.78, 5) is 14.5. The summed E-state index contributed by atoms with van der Waals surface area (Å²) in [5.74, 6) is -0.157. The van der Waals surface area contributed by atoms with Crippen LogP contribution < -0.4 is 4.90 Å². The number of benzene rings is 1. The topological polar surface area (TPSA) is 43.8 Å². The Morgan fingerprint density at radius 3 is 2.68 bits per heavy atom. The zero-order chi connectivity index (χ0) is 13.4. The number of anilines is 1. The van der Waals surface area contributed by atoms with Crippen molar-refractivity contribution in [2.45, 2.75) is 25.3 Å². The molecule has 1 fully saturated rings. The van der Waals surface area contributed by atoms with Crippen molar-refractivity contribution in [1.82, 2.24) is 4.90 Å². The van der Waals surface area contributed by atoms with Crippen LogP contribution in [-0.4, -0.2) is 41.8 Å². The van der Waals surface area contributed by atoms with Crippen LogP contribution in [0.2, 0.25) is 0 Å². The minimum Gasteiger partial charge on any atom is -0.465 e. The molecule has 2 heterocycles. The second-order valence-corrected chi connectivity index (χ2v) is 5.19. The van der Waals surface area contributed by atoms with Gasteiger partial charge in [0.1, 0.15) is 5.82 Å². The van der Waals surface area contributed by atoms with Gasteiger partial charge < -0.3 is 14.9 Å². The lowest BCUT2D eigenvalue weighted by atomic mass is 10.0. The first-order valence-corrected chi connectivity index (χ1v) is 6.68. The van der Waals surface area contributed by atoms with E-state index in [1.165, 1.54) is 11.0 Å². The zero-order valence-corrected chi connectivity index (χ0v) is 10.7. The van der Waals surface area contributed by atoms with Gasteiger partial charge in [0, 0.05) is 25.7 Å². The fourth-order valence-electron chi connectivity index (χ4n) is 3.17. The summed E-state index contributed by atoms with van der Waals surface area (Å²) in [6.07, 6.45) is 1.58. The SMILES string of the molecule is O=C(O)N1CCC(N2CCc3cccc(F)c32)CC1. The summed E-state index contributed by atoms with van der Waals surface area (Å²) < 4.78 is 14.0. The average Bonchev–Trinajstić information content (AvgIpc) is 2.84. The molecule has 0 aliphatic carbocycles. The zero-order valence-electron chi connectivity index (χ0n) is 10.7. The van der Waals surface area contributed by atoms with Crippen molar-refractivity contribution in [3.05, 3.63) is 29.6 Å². The predicted molar refractivity (Wildman–Crippen MR) is 70.1 cm³/mol. The largest absolute Gasteiger partial charge is 0.465 e. The third-order valence-corrected chi connectivity index (χ3v) is 4.16. The first kappa shape index (κ1) is 12.3. The molecule has 0 radical (unpaired) electrons. The van der Waals surface area contributed by atoms with Gasteiger partial charge in [0.25, 0.3) is 0 Å². The van der Waals surface area contributed by atoms with Crippen LogP contribution in [0.1, 0.15) is 18.4 Å². The Balaban J connectivity index is 1.75. The molecular weight excluding hydrogens is 247 g/mol. The molecule has 1 aromatic rings. The molecule has 1 N–H and O–H groups in total. The monoisotopic (exact) mass is 264 g/mol. The second-order valence-electron chi connectivity index (χ2n) is 5.19. The van der Waals surface area contributed by atoms with Crippen molar-refractivity contribution in [3.8, 4) is 0 Å².